The molecule has 0 nitrogen and oxygen atoms in total. The number of aryl methyl sites for hydroxylation is 1. The van der Waals surface area contributed by atoms with Crippen molar-refractivity contribution in [3.05, 3.63) is 175 Å². The molecule has 2 heteroatoms. The fourth-order valence-corrected chi connectivity index (χ4v) is 11.8. The second-order valence-electron chi connectivity index (χ2n) is 14.6. The summed E-state index contributed by atoms with van der Waals surface area (Å²) in [5.74, 6) is 0. The van der Waals surface area contributed by atoms with Gasteiger partial charge in [-0.2, -0.15) is 0 Å². The number of benzene rings is 9. The third kappa shape index (κ3) is 4.42. The Morgan fingerprint density at radius 1 is 0.370 bits per heavy atom. The van der Waals surface area contributed by atoms with E-state index in [1.165, 1.54) is 117 Å². The van der Waals surface area contributed by atoms with E-state index in [4.69, 9.17) is 0 Å². The van der Waals surface area contributed by atoms with Gasteiger partial charge in [-0.1, -0.05) is 152 Å². The lowest BCUT2D eigenvalue weighted by atomic mass is 9.84. The quantitative estimate of drug-likeness (QED) is 0.159. The van der Waals surface area contributed by atoms with Gasteiger partial charge in [-0.15, -0.1) is 22.7 Å². The maximum Gasteiger partial charge on any atom is 0.0540 e. The van der Waals surface area contributed by atoms with Gasteiger partial charge in [0.15, 0.2) is 0 Å². The summed E-state index contributed by atoms with van der Waals surface area (Å²) in [4.78, 5) is 0. The summed E-state index contributed by atoms with van der Waals surface area (Å²) in [6.45, 7) is 0. The summed E-state index contributed by atoms with van der Waals surface area (Å²) in [5, 5.41) is 13.4. The van der Waals surface area contributed by atoms with Gasteiger partial charge >= 0.3 is 0 Å². The molecule has 0 radical (unpaired) electrons. The number of rotatable bonds is 3. The molecule has 1 aliphatic carbocycles. The van der Waals surface area contributed by atoms with Crippen LogP contribution in [0.2, 0.25) is 0 Å². The maximum atomic E-state index is 2.43. The minimum Gasteiger partial charge on any atom is -0.134 e. The molecule has 9 aromatic carbocycles. The molecular formula is C52H32S2. The van der Waals surface area contributed by atoms with Crippen LogP contribution in [0.3, 0.4) is 0 Å². The number of hydrogen-bond acceptors (Lipinski definition) is 2. The van der Waals surface area contributed by atoms with Crippen LogP contribution in [0.15, 0.2) is 164 Å². The van der Waals surface area contributed by atoms with Gasteiger partial charge in [-0.3, -0.25) is 0 Å². The van der Waals surface area contributed by atoms with Crippen molar-refractivity contribution in [2.75, 3.05) is 0 Å². The van der Waals surface area contributed by atoms with E-state index in [-0.39, 0.29) is 0 Å². The van der Waals surface area contributed by atoms with Crippen LogP contribution in [0, 0.1) is 0 Å². The minimum atomic E-state index is 1.10. The summed E-state index contributed by atoms with van der Waals surface area (Å²) >= 11 is 3.88. The van der Waals surface area contributed by atoms with Gasteiger partial charge < -0.3 is 0 Å². The second-order valence-corrected chi connectivity index (χ2v) is 16.7. The third-order valence-corrected chi connectivity index (χ3v) is 14.2. The molecule has 2 heterocycles. The molecule has 12 rings (SSSR count). The highest BCUT2D eigenvalue weighted by atomic mass is 32.1. The molecule has 0 amide bonds. The van der Waals surface area contributed by atoms with E-state index in [0.717, 1.165) is 12.8 Å². The van der Waals surface area contributed by atoms with E-state index < -0.39 is 0 Å². The molecule has 0 saturated carbocycles. The summed E-state index contributed by atoms with van der Waals surface area (Å²) < 4.78 is 5.51. The lowest BCUT2D eigenvalue weighted by Gasteiger charge is -2.19. The van der Waals surface area contributed by atoms with Crippen LogP contribution >= 0.6 is 22.7 Å². The highest BCUT2D eigenvalue weighted by molar-refractivity contribution is 7.33. The van der Waals surface area contributed by atoms with Gasteiger partial charge in [-0.05, 0) is 108 Å². The summed E-state index contributed by atoms with van der Waals surface area (Å²) in [7, 11) is 0. The molecule has 0 unspecified atom stereocenters. The summed E-state index contributed by atoms with van der Waals surface area (Å²) in [5.41, 5.74) is 10.5. The fourth-order valence-electron chi connectivity index (χ4n) is 9.27. The van der Waals surface area contributed by atoms with Crippen molar-refractivity contribution < 1.29 is 0 Å². The normalized spacial score (nSPS) is 13.0. The number of allylic oxidation sites excluding steroid dienone is 1. The van der Waals surface area contributed by atoms with Gasteiger partial charge in [0.2, 0.25) is 0 Å². The van der Waals surface area contributed by atoms with Crippen LogP contribution in [0.4, 0.5) is 0 Å². The molecule has 0 spiro atoms. The molecule has 1 aliphatic rings. The Kier molecular flexibility index (Phi) is 6.60. The van der Waals surface area contributed by atoms with Crippen LogP contribution in [-0.2, 0) is 6.42 Å². The lowest BCUT2D eigenvalue weighted by molar-refractivity contribution is 0.986. The maximum absolute atomic E-state index is 2.43. The van der Waals surface area contributed by atoms with Crippen molar-refractivity contribution >= 4 is 101 Å². The van der Waals surface area contributed by atoms with Crippen LogP contribution < -0.4 is 0 Å². The van der Waals surface area contributed by atoms with Crippen LogP contribution in [0.1, 0.15) is 17.5 Å². The monoisotopic (exact) mass is 720 g/mol. The van der Waals surface area contributed by atoms with Crippen molar-refractivity contribution in [1.29, 1.82) is 0 Å². The predicted octanol–water partition coefficient (Wildman–Crippen LogP) is 15.8. The van der Waals surface area contributed by atoms with Gasteiger partial charge in [-0.25, -0.2) is 0 Å². The SMILES string of the molecule is C1=Cc2ccc(-c3c4ccccc4c(-c4ccc(-c5ccc6sc7c8sc9ccccc9c8c8ccccc8c7c6c5)cc4)c4ccccc34)cc2CC1. The zero-order valence-electron chi connectivity index (χ0n) is 29.4. The van der Waals surface area contributed by atoms with Gasteiger partial charge in [0.25, 0.3) is 0 Å². The Hall–Kier alpha value is -6.06. The Bertz CT molecular complexity index is 3310. The number of fused-ring (bicyclic) bond motifs is 13. The predicted molar refractivity (Wildman–Crippen MR) is 238 cm³/mol. The fraction of sp³-hybridized carbons (Fsp3) is 0.0385. The van der Waals surface area contributed by atoms with Gasteiger partial charge in [0.1, 0.15) is 0 Å². The van der Waals surface area contributed by atoms with E-state index in [1.54, 1.807) is 0 Å². The first kappa shape index (κ1) is 30.4. The van der Waals surface area contributed by atoms with Crippen LogP contribution in [0.5, 0.6) is 0 Å². The molecule has 11 aromatic rings. The summed E-state index contributed by atoms with van der Waals surface area (Å²) in [6, 6.07) is 59.3. The first-order chi connectivity index (χ1) is 26.8. The van der Waals surface area contributed by atoms with Gasteiger partial charge in [0.05, 0.1) is 9.40 Å². The van der Waals surface area contributed by atoms with E-state index >= 15 is 0 Å². The third-order valence-electron chi connectivity index (χ3n) is 11.7. The molecule has 0 aliphatic heterocycles. The molecule has 54 heavy (non-hydrogen) atoms. The van der Waals surface area contributed by atoms with Crippen LogP contribution in [0.25, 0.3) is 112 Å². The van der Waals surface area contributed by atoms with Gasteiger partial charge in [0, 0.05) is 30.9 Å². The number of thiophene rings is 2. The molecule has 2 aromatic heterocycles. The smallest absolute Gasteiger partial charge is 0.0540 e. The Labute approximate surface area is 320 Å². The first-order valence-corrected chi connectivity index (χ1v) is 20.4. The topological polar surface area (TPSA) is 0 Å². The molecule has 252 valence electrons. The van der Waals surface area contributed by atoms with E-state index in [9.17, 15) is 0 Å². The van der Waals surface area contributed by atoms with Crippen molar-refractivity contribution in [3.8, 4) is 33.4 Å². The van der Waals surface area contributed by atoms with Crippen molar-refractivity contribution in [2.45, 2.75) is 12.8 Å². The minimum absolute atomic E-state index is 1.10. The average Bonchev–Trinajstić information content (AvgIpc) is 3.82. The van der Waals surface area contributed by atoms with Crippen molar-refractivity contribution in [3.63, 3.8) is 0 Å². The lowest BCUT2D eigenvalue weighted by Crippen LogP contribution is -1.96. The van der Waals surface area contributed by atoms with E-state index in [1.807, 2.05) is 22.7 Å². The zero-order valence-corrected chi connectivity index (χ0v) is 31.0. The Balaban J connectivity index is 1.02. The largest absolute Gasteiger partial charge is 0.134 e. The van der Waals surface area contributed by atoms with Crippen molar-refractivity contribution in [2.24, 2.45) is 0 Å². The standard InChI is InChI=1S/C52H32S2/c1-2-12-34-29-36(26-23-31(34)11-1)48-39-15-5-3-13-37(39)47(38-14-4-6-16-40(38)48)33-24-21-32(22-25-33)35-27-28-46-44(30-35)50-42-18-8-7-17-41(42)49-43-19-9-10-20-45(43)53-51(49)52(50)54-46/h1,3-11,13-30H,2,12H2. The van der Waals surface area contributed by atoms with E-state index in [2.05, 4.69) is 170 Å². The Morgan fingerprint density at radius 3 is 1.54 bits per heavy atom. The molecular weight excluding hydrogens is 689 g/mol. The molecule has 0 bridgehead atoms. The summed E-state index contributed by atoms with van der Waals surface area (Å²) in [6.07, 6.45) is 6.78. The molecule has 0 fully saturated rings. The van der Waals surface area contributed by atoms with Crippen LogP contribution in [-0.4, -0.2) is 0 Å². The molecule has 0 atom stereocenters. The van der Waals surface area contributed by atoms with E-state index in [0.29, 0.717) is 0 Å². The highest BCUT2D eigenvalue weighted by Crippen LogP contribution is 2.50. The number of hydrogen-bond donors (Lipinski definition) is 0. The highest BCUT2D eigenvalue weighted by Gasteiger charge is 2.20. The van der Waals surface area contributed by atoms with Crippen molar-refractivity contribution in [1.82, 2.24) is 0 Å². The average molecular weight is 721 g/mol. The first-order valence-electron chi connectivity index (χ1n) is 18.8. The second kappa shape index (κ2) is 11.7. The molecule has 0 N–H and O–H groups in total. The molecule has 0 saturated heterocycles. The Morgan fingerprint density at radius 2 is 0.870 bits per heavy atom. The zero-order chi connectivity index (χ0) is 35.3.